The maximum Gasteiger partial charge on any atom is 0.236 e. The van der Waals surface area contributed by atoms with Crippen molar-refractivity contribution in [3.63, 3.8) is 0 Å². The van der Waals surface area contributed by atoms with Gasteiger partial charge in [-0.25, -0.2) is 0 Å². The molecule has 0 spiro atoms. The van der Waals surface area contributed by atoms with E-state index in [1.165, 1.54) is 0 Å². The Morgan fingerprint density at radius 3 is 2.47 bits per heavy atom. The van der Waals surface area contributed by atoms with E-state index in [4.69, 9.17) is 5.73 Å². The van der Waals surface area contributed by atoms with Gasteiger partial charge >= 0.3 is 0 Å². The number of rotatable bonds is 5. The third-order valence-electron chi connectivity index (χ3n) is 3.58. The first-order chi connectivity index (χ1) is 8.04. The third-order valence-corrected chi connectivity index (χ3v) is 3.58. The average Bonchev–Trinajstić information content (AvgIpc) is 2.30. The van der Waals surface area contributed by atoms with Gasteiger partial charge in [0.05, 0.1) is 6.54 Å². The van der Waals surface area contributed by atoms with Crippen LogP contribution in [-0.2, 0) is 4.79 Å². The third kappa shape index (κ3) is 4.61. The maximum atomic E-state index is 12.1. The Morgan fingerprint density at radius 1 is 1.35 bits per heavy atom. The summed E-state index contributed by atoms with van der Waals surface area (Å²) in [5.74, 6) is 0.240. The van der Waals surface area contributed by atoms with Gasteiger partial charge in [0, 0.05) is 32.2 Å². The van der Waals surface area contributed by atoms with Gasteiger partial charge in [-0.15, -0.1) is 0 Å². The highest BCUT2D eigenvalue weighted by molar-refractivity contribution is 5.78. The zero-order valence-electron chi connectivity index (χ0n) is 11.4. The molecule has 0 saturated carbocycles. The van der Waals surface area contributed by atoms with Crippen molar-refractivity contribution in [1.82, 2.24) is 14.7 Å². The number of nitrogens with zero attached hydrogens (tertiary/aromatic N) is 3. The number of amides is 1. The molecule has 1 heterocycles. The molecule has 1 unspecified atom stereocenters. The van der Waals surface area contributed by atoms with E-state index < -0.39 is 0 Å². The molecular formula is C12H26N4O. The Balaban J connectivity index is 2.33. The van der Waals surface area contributed by atoms with Crippen LogP contribution in [0.4, 0.5) is 0 Å². The first kappa shape index (κ1) is 14.4. The van der Waals surface area contributed by atoms with E-state index in [2.05, 4.69) is 23.8 Å². The van der Waals surface area contributed by atoms with E-state index >= 15 is 0 Å². The zero-order valence-corrected chi connectivity index (χ0v) is 11.4. The Morgan fingerprint density at radius 2 is 1.94 bits per heavy atom. The highest BCUT2D eigenvalue weighted by Crippen LogP contribution is 2.04. The van der Waals surface area contributed by atoms with Gasteiger partial charge in [0.25, 0.3) is 0 Å². The van der Waals surface area contributed by atoms with Crippen LogP contribution in [0.2, 0.25) is 0 Å². The summed E-state index contributed by atoms with van der Waals surface area (Å²) in [5.41, 5.74) is 5.53. The number of nitrogens with two attached hydrogens (primary N) is 1. The normalized spacial score (nSPS) is 19.7. The van der Waals surface area contributed by atoms with Crippen LogP contribution >= 0.6 is 0 Å². The summed E-state index contributed by atoms with van der Waals surface area (Å²) in [7, 11) is 4.09. The minimum atomic E-state index is 0.240. The standard InChI is InChI=1S/C12H26N4O/c1-11(4-5-13)15(3)10-12(17)16-8-6-14(2)7-9-16/h11H,4-10,13H2,1-3H3. The van der Waals surface area contributed by atoms with E-state index in [1.807, 2.05) is 11.9 Å². The van der Waals surface area contributed by atoms with Gasteiger partial charge in [0.2, 0.25) is 5.91 Å². The molecule has 1 fully saturated rings. The van der Waals surface area contributed by atoms with Gasteiger partial charge in [-0.3, -0.25) is 9.69 Å². The van der Waals surface area contributed by atoms with Crippen LogP contribution < -0.4 is 5.73 Å². The summed E-state index contributed by atoms with van der Waals surface area (Å²) in [6, 6.07) is 0.372. The largest absolute Gasteiger partial charge is 0.339 e. The monoisotopic (exact) mass is 242 g/mol. The highest BCUT2D eigenvalue weighted by atomic mass is 16.2. The lowest BCUT2D eigenvalue weighted by Crippen LogP contribution is -2.50. The van der Waals surface area contributed by atoms with Crippen molar-refractivity contribution in [2.75, 3.05) is 53.4 Å². The molecule has 5 nitrogen and oxygen atoms in total. The quantitative estimate of drug-likeness (QED) is 0.701. The molecule has 17 heavy (non-hydrogen) atoms. The predicted molar refractivity (Wildman–Crippen MR) is 69.8 cm³/mol. The molecule has 1 aliphatic rings. The first-order valence-corrected chi connectivity index (χ1v) is 6.41. The number of piperazine rings is 1. The number of carbonyl (C=O) groups is 1. The van der Waals surface area contributed by atoms with Crippen molar-refractivity contribution < 1.29 is 4.79 Å². The average molecular weight is 242 g/mol. The zero-order chi connectivity index (χ0) is 12.8. The van der Waals surface area contributed by atoms with E-state index in [0.717, 1.165) is 32.6 Å². The Labute approximate surface area is 105 Å². The van der Waals surface area contributed by atoms with Crippen molar-refractivity contribution in [3.8, 4) is 0 Å². The minimum Gasteiger partial charge on any atom is -0.339 e. The van der Waals surface area contributed by atoms with Crippen LogP contribution in [0.15, 0.2) is 0 Å². The van der Waals surface area contributed by atoms with E-state index in [9.17, 15) is 4.79 Å². The number of likely N-dealkylation sites (N-methyl/N-ethyl adjacent to an activating group) is 2. The van der Waals surface area contributed by atoms with E-state index in [0.29, 0.717) is 19.1 Å². The molecule has 1 atom stereocenters. The molecule has 1 aliphatic heterocycles. The second-order valence-electron chi connectivity index (χ2n) is 5.03. The highest BCUT2D eigenvalue weighted by Gasteiger charge is 2.21. The van der Waals surface area contributed by atoms with Gasteiger partial charge in [-0.2, -0.15) is 0 Å². The Kier molecular flexibility index (Phi) is 5.88. The molecular weight excluding hydrogens is 216 g/mol. The summed E-state index contributed by atoms with van der Waals surface area (Å²) in [6.07, 6.45) is 0.937. The van der Waals surface area contributed by atoms with Gasteiger partial charge in [0.15, 0.2) is 0 Å². The van der Waals surface area contributed by atoms with Crippen molar-refractivity contribution in [2.45, 2.75) is 19.4 Å². The Bertz CT molecular complexity index is 239. The lowest BCUT2D eigenvalue weighted by atomic mass is 10.2. The van der Waals surface area contributed by atoms with Crippen LogP contribution in [0.1, 0.15) is 13.3 Å². The summed E-state index contributed by atoms with van der Waals surface area (Å²) in [4.78, 5) is 18.4. The van der Waals surface area contributed by atoms with Crippen molar-refractivity contribution >= 4 is 5.91 Å². The second-order valence-corrected chi connectivity index (χ2v) is 5.03. The summed E-state index contributed by atoms with van der Waals surface area (Å²) >= 11 is 0. The molecule has 1 rings (SSSR count). The molecule has 0 bridgehead atoms. The molecule has 100 valence electrons. The fourth-order valence-corrected chi connectivity index (χ4v) is 1.99. The van der Waals surface area contributed by atoms with Crippen molar-refractivity contribution in [2.24, 2.45) is 5.73 Å². The predicted octanol–water partition coefficient (Wildman–Crippen LogP) is -0.570. The fraction of sp³-hybridized carbons (Fsp3) is 0.917. The fourth-order valence-electron chi connectivity index (χ4n) is 1.99. The number of hydrogen-bond acceptors (Lipinski definition) is 4. The van der Waals surface area contributed by atoms with Crippen LogP contribution in [0, 0.1) is 0 Å². The topological polar surface area (TPSA) is 52.8 Å². The van der Waals surface area contributed by atoms with E-state index in [-0.39, 0.29) is 5.91 Å². The van der Waals surface area contributed by atoms with Crippen LogP contribution in [0.25, 0.3) is 0 Å². The van der Waals surface area contributed by atoms with Crippen molar-refractivity contribution in [1.29, 1.82) is 0 Å². The van der Waals surface area contributed by atoms with Crippen molar-refractivity contribution in [3.05, 3.63) is 0 Å². The Hall–Kier alpha value is -0.650. The molecule has 5 heteroatoms. The van der Waals surface area contributed by atoms with Crippen LogP contribution in [0.3, 0.4) is 0 Å². The molecule has 0 radical (unpaired) electrons. The molecule has 1 amide bonds. The van der Waals surface area contributed by atoms with E-state index in [1.54, 1.807) is 0 Å². The summed E-state index contributed by atoms with van der Waals surface area (Å²) in [5, 5.41) is 0. The van der Waals surface area contributed by atoms with Gasteiger partial charge in [-0.05, 0) is 34.0 Å². The van der Waals surface area contributed by atoms with Crippen LogP contribution in [0.5, 0.6) is 0 Å². The van der Waals surface area contributed by atoms with Crippen LogP contribution in [-0.4, -0.2) is 80.0 Å². The molecule has 1 saturated heterocycles. The number of hydrogen-bond donors (Lipinski definition) is 1. The number of carbonyl (C=O) groups excluding carboxylic acids is 1. The lowest BCUT2D eigenvalue weighted by molar-refractivity contribution is -0.134. The smallest absolute Gasteiger partial charge is 0.236 e. The second kappa shape index (κ2) is 6.93. The first-order valence-electron chi connectivity index (χ1n) is 6.41. The molecule has 2 N–H and O–H groups in total. The van der Waals surface area contributed by atoms with Gasteiger partial charge in [-0.1, -0.05) is 0 Å². The molecule has 0 aromatic heterocycles. The molecule has 0 aliphatic carbocycles. The maximum absolute atomic E-state index is 12.1. The lowest BCUT2D eigenvalue weighted by Gasteiger charge is -2.34. The van der Waals surface area contributed by atoms with Gasteiger partial charge in [0.1, 0.15) is 0 Å². The summed E-state index contributed by atoms with van der Waals surface area (Å²) in [6.45, 7) is 6.97. The molecule has 0 aromatic rings. The van der Waals surface area contributed by atoms with Gasteiger partial charge < -0.3 is 15.5 Å². The summed E-state index contributed by atoms with van der Waals surface area (Å²) < 4.78 is 0. The SMILES string of the molecule is CC(CCN)N(C)CC(=O)N1CCN(C)CC1. The molecule has 0 aromatic carbocycles. The minimum absolute atomic E-state index is 0.240.